The Morgan fingerprint density at radius 2 is 2.12 bits per heavy atom. The summed E-state index contributed by atoms with van der Waals surface area (Å²) in [6.07, 6.45) is 7.47. The molecule has 1 aromatic heterocycles. The van der Waals surface area contributed by atoms with E-state index in [0.29, 0.717) is 6.04 Å². The minimum Gasteiger partial charge on any atom is -0.345 e. The monoisotopic (exact) mass is 347 g/mol. The fourth-order valence-electron chi connectivity index (χ4n) is 3.96. The molecule has 1 fully saturated rings. The highest BCUT2D eigenvalue weighted by molar-refractivity contribution is 5.96. The molecule has 4 nitrogen and oxygen atoms in total. The SMILES string of the molecule is CCCC[C@@H]1CCCN1C(=O)c1cccc(-c2ccc3nc[nH]c3c2)c1. The molecule has 1 saturated heterocycles. The highest BCUT2D eigenvalue weighted by Gasteiger charge is 2.28. The minimum atomic E-state index is 0.174. The Morgan fingerprint density at radius 1 is 1.23 bits per heavy atom. The van der Waals surface area contributed by atoms with Crippen LogP contribution in [0, 0.1) is 0 Å². The lowest BCUT2D eigenvalue weighted by Crippen LogP contribution is -2.35. The number of carbonyl (C=O) groups excluding carboxylic acids is 1. The molecule has 3 aromatic rings. The number of rotatable bonds is 5. The Balaban J connectivity index is 1.59. The smallest absolute Gasteiger partial charge is 0.254 e. The van der Waals surface area contributed by atoms with Gasteiger partial charge in [-0.1, -0.05) is 38.0 Å². The molecule has 1 amide bonds. The number of likely N-dealkylation sites (tertiary alicyclic amines) is 1. The summed E-state index contributed by atoms with van der Waals surface area (Å²) >= 11 is 0. The summed E-state index contributed by atoms with van der Waals surface area (Å²) in [6, 6.07) is 14.6. The van der Waals surface area contributed by atoms with Gasteiger partial charge in [-0.05, 0) is 54.7 Å². The lowest BCUT2D eigenvalue weighted by molar-refractivity contribution is 0.0729. The number of hydrogen-bond donors (Lipinski definition) is 1. The summed E-state index contributed by atoms with van der Waals surface area (Å²) < 4.78 is 0. The number of hydrogen-bond acceptors (Lipinski definition) is 2. The summed E-state index contributed by atoms with van der Waals surface area (Å²) in [4.78, 5) is 22.6. The molecule has 0 radical (unpaired) electrons. The molecule has 0 bridgehead atoms. The average molecular weight is 347 g/mol. The first-order chi connectivity index (χ1) is 12.8. The van der Waals surface area contributed by atoms with E-state index in [2.05, 4.69) is 40.0 Å². The lowest BCUT2D eigenvalue weighted by atomic mass is 10.0. The van der Waals surface area contributed by atoms with Crippen molar-refractivity contribution in [3.8, 4) is 11.1 Å². The van der Waals surface area contributed by atoms with Crippen LogP contribution in [0.3, 0.4) is 0 Å². The van der Waals surface area contributed by atoms with Crippen molar-refractivity contribution in [2.45, 2.75) is 45.1 Å². The van der Waals surface area contributed by atoms with Gasteiger partial charge in [-0.25, -0.2) is 4.98 Å². The van der Waals surface area contributed by atoms with E-state index in [-0.39, 0.29) is 5.91 Å². The second kappa shape index (κ2) is 7.32. The number of aromatic nitrogens is 2. The van der Waals surface area contributed by atoms with Crippen molar-refractivity contribution in [1.29, 1.82) is 0 Å². The van der Waals surface area contributed by atoms with Crippen LogP contribution in [0.4, 0.5) is 0 Å². The maximum atomic E-state index is 13.1. The highest BCUT2D eigenvalue weighted by atomic mass is 16.2. The molecule has 0 unspecified atom stereocenters. The number of nitrogens with zero attached hydrogens (tertiary/aromatic N) is 2. The van der Waals surface area contributed by atoms with Crippen molar-refractivity contribution in [2.24, 2.45) is 0 Å². The molecule has 0 saturated carbocycles. The van der Waals surface area contributed by atoms with Crippen LogP contribution < -0.4 is 0 Å². The summed E-state index contributed by atoms with van der Waals surface area (Å²) in [5.41, 5.74) is 4.92. The second-order valence-electron chi connectivity index (χ2n) is 7.15. The van der Waals surface area contributed by atoms with Crippen LogP contribution in [0.2, 0.25) is 0 Å². The van der Waals surface area contributed by atoms with Crippen LogP contribution in [0.5, 0.6) is 0 Å². The average Bonchev–Trinajstić information content (AvgIpc) is 3.34. The zero-order chi connectivity index (χ0) is 17.9. The molecule has 1 N–H and O–H groups in total. The number of aromatic amines is 1. The third-order valence-electron chi connectivity index (χ3n) is 5.39. The second-order valence-corrected chi connectivity index (χ2v) is 7.15. The predicted molar refractivity (Wildman–Crippen MR) is 105 cm³/mol. The first-order valence-corrected chi connectivity index (χ1v) is 9.61. The van der Waals surface area contributed by atoms with Crippen LogP contribution in [0.1, 0.15) is 49.4 Å². The van der Waals surface area contributed by atoms with E-state index < -0.39 is 0 Å². The van der Waals surface area contributed by atoms with Crippen LogP contribution in [-0.4, -0.2) is 33.4 Å². The number of fused-ring (bicyclic) bond motifs is 1. The highest BCUT2D eigenvalue weighted by Crippen LogP contribution is 2.27. The number of nitrogens with one attached hydrogen (secondary N) is 1. The molecule has 1 aliphatic rings. The molecule has 1 atom stereocenters. The molecule has 4 heteroatoms. The standard InChI is InChI=1S/C22H25N3O/c1-2-3-8-19-9-5-12-25(19)22(26)18-7-4-6-16(13-18)17-10-11-20-21(14-17)24-15-23-20/h4,6-7,10-11,13-15,19H,2-3,5,8-9,12H2,1H3,(H,23,24)/t19-/m1/s1. The van der Waals surface area contributed by atoms with Crippen molar-refractivity contribution >= 4 is 16.9 Å². The van der Waals surface area contributed by atoms with Gasteiger partial charge in [0.15, 0.2) is 0 Å². The normalized spacial score (nSPS) is 17.1. The maximum Gasteiger partial charge on any atom is 0.254 e. The summed E-state index contributed by atoms with van der Waals surface area (Å²) in [5, 5.41) is 0. The van der Waals surface area contributed by atoms with Crippen LogP contribution >= 0.6 is 0 Å². The van der Waals surface area contributed by atoms with Crippen LogP contribution in [0.15, 0.2) is 48.8 Å². The van der Waals surface area contributed by atoms with Gasteiger partial charge in [-0.3, -0.25) is 4.79 Å². The fourth-order valence-corrected chi connectivity index (χ4v) is 3.96. The van der Waals surface area contributed by atoms with E-state index in [4.69, 9.17) is 0 Å². The van der Waals surface area contributed by atoms with E-state index in [9.17, 15) is 4.79 Å². The van der Waals surface area contributed by atoms with E-state index in [1.807, 2.05) is 24.3 Å². The van der Waals surface area contributed by atoms with Crippen LogP contribution in [0.25, 0.3) is 22.2 Å². The number of carbonyl (C=O) groups is 1. The van der Waals surface area contributed by atoms with Gasteiger partial charge < -0.3 is 9.88 Å². The summed E-state index contributed by atoms with van der Waals surface area (Å²) in [7, 11) is 0. The van der Waals surface area contributed by atoms with Gasteiger partial charge in [0.1, 0.15) is 0 Å². The largest absolute Gasteiger partial charge is 0.345 e. The molecule has 1 aliphatic heterocycles. The minimum absolute atomic E-state index is 0.174. The van der Waals surface area contributed by atoms with E-state index >= 15 is 0 Å². The maximum absolute atomic E-state index is 13.1. The number of amides is 1. The fraction of sp³-hybridized carbons (Fsp3) is 0.364. The summed E-state index contributed by atoms with van der Waals surface area (Å²) in [5.74, 6) is 0.174. The van der Waals surface area contributed by atoms with Gasteiger partial charge >= 0.3 is 0 Å². The zero-order valence-corrected chi connectivity index (χ0v) is 15.2. The van der Waals surface area contributed by atoms with Crippen molar-refractivity contribution in [2.75, 3.05) is 6.54 Å². The number of imidazole rings is 1. The molecular formula is C22H25N3O. The van der Waals surface area contributed by atoms with E-state index in [0.717, 1.165) is 53.5 Å². The lowest BCUT2D eigenvalue weighted by Gasteiger charge is -2.25. The van der Waals surface area contributed by atoms with Gasteiger partial charge in [0.25, 0.3) is 5.91 Å². The number of unbranched alkanes of at least 4 members (excludes halogenated alkanes) is 1. The first-order valence-electron chi connectivity index (χ1n) is 9.61. The van der Waals surface area contributed by atoms with Gasteiger partial charge in [0, 0.05) is 18.2 Å². The Morgan fingerprint density at radius 3 is 3.00 bits per heavy atom. The molecule has 0 spiro atoms. The van der Waals surface area contributed by atoms with Gasteiger partial charge in [-0.15, -0.1) is 0 Å². The van der Waals surface area contributed by atoms with Gasteiger partial charge in [0.2, 0.25) is 0 Å². The molecule has 2 aromatic carbocycles. The number of H-pyrrole nitrogens is 1. The molecule has 0 aliphatic carbocycles. The Hall–Kier alpha value is -2.62. The van der Waals surface area contributed by atoms with Gasteiger partial charge in [-0.2, -0.15) is 0 Å². The number of benzene rings is 2. The van der Waals surface area contributed by atoms with Crippen molar-refractivity contribution in [1.82, 2.24) is 14.9 Å². The Labute approximate surface area is 154 Å². The third-order valence-corrected chi connectivity index (χ3v) is 5.39. The van der Waals surface area contributed by atoms with Crippen molar-refractivity contribution in [3.63, 3.8) is 0 Å². The molecular weight excluding hydrogens is 322 g/mol. The predicted octanol–water partition coefficient (Wildman–Crippen LogP) is 5.02. The quantitative estimate of drug-likeness (QED) is 0.704. The first kappa shape index (κ1) is 16.8. The molecule has 134 valence electrons. The molecule has 4 rings (SSSR count). The molecule has 2 heterocycles. The van der Waals surface area contributed by atoms with Crippen molar-refractivity contribution in [3.05, 3.63) is 54.4 Å². The van der Waals surface area contributed by atoms with Crippen molar-refractivity contribution < 1.29 is 4.79 Å². The summed E-state index contributed by atoms with van der Waals surface area (Å²) in [6.45, 7) is 3.10. The Bertz CT molecular complexity index is 914. The van der Waals surface area contributed by atoms with E-state index in [1.165, 1.54) is 12.8 Å². The molecule has 26 heavy (non-hydrogen) atoms. The Kier molecular flexibility index (Phi) is 4.74. The zero-order valence-electron chi connectivity index (χ0n) is 15.2. The third kappa shape index (κ3) is 3.24. The topological polar surface area (TPSA) is 49.0 Å². The van der Waals surface area contributed by atoms with Gasteiger partial charge in [0.05, 0.1) is 17.4 Å². The van der Waals surface area contributed by atoms with Crippen LogP contribution in [-0.2, 0) is 0 Å². The van der Waals surface area contributed by atoms with E-state index in [1.54, 1.807) is 6.33 Å².